The fourth-order valence-corrected chi connectivity index (χ4v) is 2.10. The van der Waals surface area contributed by atoms with Gasteiger partial charge in [-0.05, 0) is 13.8 Å². The summed E-state index contributed by atoms with van der Waals surface area (Å²) in [4.78, 5) is 31.4. The standard InChI is InChI=1S/C12H19O6P/c1-3-17-11(13)7-5-9-19(15,16)10-6-8-12(14)18-4-2/h5-8H,3-4,9-10H2,1-2H3,(H,15,16)/b7-5+,8-6+. The van der Waals surface area contributed by atoms with Gasteiger partial charge in [-0.15, -0.1) is 0 Å². The van der Waals surface area contributed by atoms with Crippen LogP contribution in [0.25, 0.3) is 0 Å². The van der Waals surface area contributed by atoms with Crippen molar-refractivity contribution in [2.45, 2.75) is 13.8 Å². The second kappa shape index (κ2) is 9.53. The maximum Gasteiger partial charge on any atom is 0.330 e. The Bertz CT molecular complexity index is 365. The first-order chi connectivity index (χ1) is 8.91. The molecule has 0 aliphatic carbocycles. The average Bonchev–Trinajstić information content (AvgIpc) is 2.29. The molecule has 19 heavy (non-hydrogen) atoms. The predicted octanol–water partition coefficient (Wildman–Crippen LogP) is 1.50. The van der Waals surface area contributed by atoms with Gasteiger partial charge in [-0.1, -0.05) is 12.2 Å². The van der Waals surface area contributed by atoms with Crippen LogP contribution < -0.4 is 0 Å². The molecular weight excluding hydrogens is 271 g/mol. The molecule has 0 radical (unpaired) electrons. The zero-order valence-corrected chi connectivity index (χ0v) is 12.0. The molecule has 0 heterocycles. The second-order valence-electron chi connectivity index (χ2n) is 3.52. The second-order valence-corrected chi connectivity index (χ2v) is 5.94. The zero-order valence-electron chi connectivity index (χ0n) is 11.1. The van der Waals surface area contributed by atoms with E-state index >= 15 is 0 Å². The number of hydrogen-bond acceptors (Lipinski definition) is 5. The van der Waals surface area contributed by atoms with E-state index in [1.807, 2.05) is 0 Å². The Hall–Kier alpha value is -1.39. The molecular formula is C12H19O6P. The summed E-state index contributed by atoms with van der Waals surface area (Å²) in [6, 6.07) is 0. The molecule has 0 rings (SSSR count). The third-order valence-electron chi connectivity index (χ3n) is 1.86. The number of carbonyl (C=O) groups is 2. The summed E-state index contributed by atoms with van der Waals surface area (Å²) in [5.41, 5.74) is 0. The van der Waals surface area contributed by atoms with Crippen LogP contribution in [0, 0.1) is 0 Å². The lowest BCUT2D eigenvalue weighted by Gasteiger charge is -2.05. The lowest BCUT2D eigenvalue weighted by Crippen LogP contribution is -2.00. The van der Waals surface area contributed by atoms with Gasteiger partial charge in [0, 0.05) is 24.5 Å². The molecule has 6 nitrogen and oxygen atoms in total. The van der Waals surface area contributed by atoms with Crippen LogP contribution in [0.1, 0.15) is 13.8 Å². The number of esters is 2. The Kier molecular flexibility index (Phi) is 8.83. The number of rotatable bonds is 8. The first kappa shape index (κ1) is 17.6. The fourth-order valence-electron chi connectivity index (χ4n) is 1.08. The van der Waals surface area contributed by atoms with Gasteiger partial charge in [-0.2, -0.15) is 0 Å². The largest absolute Gasteiger partial charge is 0.463 e. The molecule has 0 saturated heterocycles. The molecule has 0 fully saturated rings. The third kappa shape index (κ3) is 10.2. The Labute approximate surface area is 112 Å². The molecule has 0 atom stereocenters. The Morgan fingerprint density at radius 3 is 1.68 bits per heavy atom. The number of carbonyl (C=O) groups excluding carboxylic acids is 2. The van der Waals surface area contributed by atoms with Crippen molar-refractivity contribution in [3.8, 4) is 0 Å². The van der Waals surface area contributed by atoms with Crippen molar-refractivity contribution in [1.82, 2.24) is 0 Å². The van der Waals surface area contributed by atoms with Crippen LogP contribution in [-0.4, -0.2) is 42.4 Å². The van der Waals surface area contributed by atoms with Crippen molar-refractivity contribution in [2.75, 3.05) is 25.5 Å². The predicted molar refractivity (Wildman–Crippen MR) is 71.1 cm³/mol. The molecule has 0 saturated carbocycles. The van der Waals surface area contributed by atoms with Crippen LogP contribution in [0.2, 0.25) is 0 Å². The summed E-state index contributed by atoms with van der Waals surface area (Å²) in [6.45, 7) is 3.84. The molecule has 0 aliphatic heterocycles. The smallest absolute Gasteiger partial charge is 0.330 e. The van der Waals surface area contributed by atoms with E-state index in [1.54, 1.807) is 13.8 Å². The summed E-state index contributed by atoms with van der Waals surface area (Å²) in [7, 11) is -3.43. The molecule has 7 heteroatoms. The molecule has 0 aromatic carbocycles. The van der Waals surface area contributed by atoms with Gasteiger partial charge in [-0.25, -0.2) is 9.59 Å². The van der Waals surface area contributed by atoms with Gasteiger partial charge in [0.15, 0.2) is 0 Å². The van der Waals surface area contributed by atoms with Crippen LogP contribution in [-0.2, 0) is 23.6 Å². The Balaban J connectivity index is 4.15. The van der Waals surface area contributed by atoms with Gasteiger partial charge in [-0.3, -0.25) is 4.57 Å². The minimum Gasteiger partial charge on any atom is -0.463 e. The molecule has 0 bridgehead atoms. The topological polar surface area (TPSA) is 89.9 Å². The fraction of sp³-hybridized carbons (Fsp3) is 0.500. The van der Waals surface area contributed by atoms with Gasteiger partial charge in [0.1, 0.15) is 0 Å². The summed E-state index contributed by atoms with van der Waals surface area (Å²) >= 11 is 0. The van der Waals surface area contributed by atoms with Gasteiger partial charge in [0.05, 0.1) is 13.2 Å². The van der Waals surface area contributed by atoms with Crippen molar-refractivity contribution in [2.24, 2.45) is 0 Å². The maximum absolute atomic E-state index is 11.6. The zero-order chi connectivity index (χ0) is 14.7. The molecule has 0 unspecified atom stereocenters. The van der Waals surface area contributed by atoms with E-state index in [0.717, 1.165) is 12.2 Å². The van der Waals surface area contributed by atoms with Gasteiger partial charge < -0.3 is 14.4 Å². The highest BCUT2D eigenvalue weighted by atomic mass is 31.2. The van der Waals surface area contributed by atoms with Gasteiger partial charge in [0.2, 0.25) is 7.37 Å². The summed E-state index contributed by atoms with van der Waals surface area (Å²) in [5, 5.41) is 0. The van der Waals surface area contributed by atoms with Crippen molar-refractivity contribution in [1.29, 1.82) is 0 Å². The maximum atomic E-state index is 11.6. The normalized spacial score (nSPS) is 11.9. The van der Waals surface area contributed by atoms with E-state index in [4.69, 9.17) is 0 Å². The van der Waals surface area contributed by atoms with Crippen LogP contribution in [0.4, 0.5) is 0 Å². The lowest BCUT2D eigenvalue weighted by molar-refractivity contribution is -0.138. The van der Waals surface area contributed by atoms with E-state index in [2.05, 4.69) is 9.47 Å². The van der Waals surface area contributed by atoms with E-state index < -0.39 is 19.3 Å². The van der Waals surface area contributed by atoms with E-state index in [9.17, 15) is 19.0 Å². The average molecular weight is 290 g/mol. The highest BCUT2D eigenvalue weighted by Gasteiger charge is 2.14. The monoisotopic (exact) mass is 290 g/mol. The van der Waals surface area contributed by atoms with Crippen molar-refractivity contribution >= 4 is 19.3 Å². The van der Waals surface area contributed by atoms with Crippen molar-refractivity contribution in [3.63, 3.8) is 0 Å². The van der Waals surface area contributed by atoms with Crippen molar-refractivity contribution < 1.29 is 28.5 Å². The number of allylic oxidation sites excluding steroid dienone is 2. The minimum absolute atomic E-state index is 0.154. The van der Waals surface area contributed by atoms with Crippen LogP contribution in [0.5, 0.6) is 0 Å². The Morgan fingerprint density at radius 2 is 1.37 bits per heavy atom. The first-order valence-electron chi connectivity index (χ1n) is 5.88. The molecule has 0 amide bonds. The number of hydrogen-bond donors (Lipinski definition) is 1. The number of ether oxygens (including phenoxy) is 2. The lowest BCUT2D eigenvalue weighted by atomic mass is 10.5. The summed E-state index contributed by atoms with van der Waals surface area (Å²) in [5.74, 6) is -1.10. The van der Waals surface area contributed by atoms with Crippen LogP contribution in [0.3, 0.4) is 0 Å². The van der Waals surface area contributed by atoms with Crippen LogP contribution >= 0.6 is 7.37 Å². The van der Waals surface area contributed by atoms with E-state index in [0.29, 0.717) is 0 Å². The molecule has 108 valence electrons. The van der Waals surface area contributed by atoms with Gasteiger partial charge in [0.25, 0.3) is 0 Å². The minimum atomic E-state index is -3.43. The van der Waals surface area contributed by atoms with Gasteiger partial charge >= 0.3 is 11.9 Å². The Morgan fingerprint density at radius 1 is 1.00 bits per heavy atom. The molecule has 1 N–H and O–H groups in total. The molecule has 0 aromatic heterocycles. The van der Waals surface area contributed by atoms with Crippen molar-refractivity contribution in [3.05, 3.63) is 24.3 Å². The van der Waals surface area contributed by atoms with E-state index in [-0.39, 0.29) is 25.5 Å². The molecule has 0 aliphatic rings. The SMILES string of the molecule is CCOC(=O)/C=C/CP(=O)(O)C/C=C/C(=O)OCC. The van der Waals surface area contributed by atoms with Crippen LogP contribution in [0.15, 0.2) is 24.3 Å². The summed E-state index contributed by atoms with van der Waals surface area (Å²) in [6.07, 6.45) is 4.49. The molecule has 0 spiro atoms. The first-order valence-corrected chi connectivity index (χ1v) is 7.91. The van der Waals surface area contributed by atoms with E-state index in [1.165, 1.54) is 12.2 Å². The highest BCUT2D eigenvalue weighted by molar-refractivity contribution is 7.58. The quantitative estimate of drug-likeness (QED) is 0.414. The summed E-state index contributed by atoms with van der Waals surface area (Å²) < 4.78 is 20.9. The third-order valence-corrected chi connectivity index (χ3v) is 3.43. The molecule has 0 aromatic rings. The highest BCUT2D eigenvalue weighted by Crippen LogP contribution is 2.40.